The number of halogens is 2. The van der Waals surface area contributed by atoms with Crippen LogP contribution in [0.3, 0.4) is 0 Å². The normalized spacial score (nSPS) is 14.0. The predicted molar refractivity (Wildman–Crippen MR) is 74.9 cm³/mol. The minimum atomic E-state index is 0. The van der Waals surface area contributed by atoms with Crippen LogP contribution < -0.4 is 5.32 Å². The van der Waals surface area contributed by atoms with Crippen LogP contribution in [0.2, 0.25) is 5.02 Å². The Kier molecular flexibility index (Phi) is 7.82. The molecule has 0 aliphatic carbocycles. The average Bonchev–Trinajstić information content (AvgIpc) is 2.26. The van der Waals surface area contributed by atoms with Crippen molar-refractivity contribution < 1.29 is 0 Å². The summed E-state index contributed by atoms with van der Waals surface area (Å²) in [4.78, 5) is 0. The van der Waals surface area contributed by atoms with Crippen molar-refractivity contribution in [3.8, 4) is 0 Å². The highest BCUT2D eigenvalue weighted by Crippen LogP contribution is 2.20. The first-order valence-electron chi connectivity index (χ1n) is 5.64. The Morgan fingerprint density at radius 3 is 2.25 bits per heavy atom. The summed E-state index contributed by atoms with van der Waals surface area (Å²) < 4.78 is 0. The molecule has 92 valence electrons. The van der Waals surface area contributed by atoms with Gasteiger partial charge in [-0.25, -0.2) is 0 Å². The maximum absolute atomic E-state index is 5.86. The van der Waals surface area contributed by atoms with Gasteiger partial charge in [0.2, 0.25) is 0 Å². The van der Waals surface area contributed by atoms with E-state index in [0.717, 1.165) is 11.6 Å². The Balaban J connectivity index is 0.00000225. The van der Waals surface area contributed by atoms with Gasteiger partial charge in [-0.05, 0) is 43.5 Å². The van der Waals surface area contributed by atoms with Crippen molar-refractivity contribution in [3.05, 3.63) is 34.9 Å². The summed E-state index contributed by atoms with van der Waals surface area (Å²) in [5, 5.41) is 4.32. The van der Waals surface area contributed by atoms with Crippen molar-refractivity contribution in [2.75, 3.05) is 6.54 Å². The second-order valence-corrected chi connectivity index (χ2v) is 4.52. The lowest BCUT2D eigenvalue weighted by Crippen LogP contribution is -2.31. The summed E-state index contributed by atoms with van der Waals surface area (Å²) in [5.74, 6) is 0.522. The summed E-state index contributed by atoms with van der Waals surface area (Å²) in [6.45, 7) is 7.75. The van der Waals surface area contributed by atoms with Gasteiger partial charge in [0.05, 0.1) is 0 Å². The molecule has 0 saturated carbocycles. The molecule has 0 saturated heterocycles. The van der Waals surface area contributed by atoms with Gasteiger partial charge in [-0.3, -0.25) is 0 Å². The lowest BCUT2D eigenvalue weighted by atomic mass is 9.94. The quantitative estimate of drug-likeness (QED) is 0.836. The first-order chi connectivity index (χ1) is 7.15. The molecule has 1 aromatic rings. The minimum Gasteiger partial charge on any atom is -0.314 e. The lowest BCUT2D eigenvalue weighted by Gasteiger charge is -2.21. The molecule has 1 N–H and O–H groups in total. The van der Waals surface area contributed by atoms with Crippen LogP contribution in [0.1, 0.15) is 38.7 Å². The molecule has 0 bridgehead atoms. The summed E-state index contributed by atoms with van der Waals surface area (Å²) in [6.07, 6.45) is 1.18. The van der Waals surface area contributed by atoms with Gasteiger partial charge < -0.3 is 5.32 Å². The highest BCUT2D eigenvalue weighted by Gasteiger charge is 2.12. The van der Waals surface area contributed by atoms with Crippen LogP contribution in [0.5, 0.6) is 0 Å². The minimum absolute atomic E-state index is 0. The summed E-state index contributed by atoms with van der Waals surface area (Å²) in [7, 11) is 0. The Bertz CT molecular complexity index is 284. The SMILES string of the molecule is CCCNC(C)C(C)c1ccc(Cl)cc1.Cl. The topological polar surface area (TPSA) is 12.0 Å². The molecule has 1 rings (SSSR count). The van der Waals surface area contributed by atoms with Crippen molar-refractivity contribution >= 4 is 24.0 Å². The van der Waals surface area contributed by atoms with E-state index in [-0.39, 0.29) is 12.4 Å². The summed E-state index contributed by atoms with van der Waals surface area (Å²) >= 11 is 5.86. The Morgan fingerprint density at radius 1 is 1.19 bits per heavy atom. The molecule has 1 aromatic carbocycles. The van der Waals surface area contributed by atoms with Gasteiger partial charge in [0.1, 0.15) is 0 Å². The van der Waals surface area contributed by atoms with Crippen molar-refractivity contribution in [2.45, 2.75) is 39.2 Å². The maximum atomic E-state index is 5.86. The molecular weight excluding hydrogens is 241 g/mol. The molecule has 0 fully saturated rings. The second-order valence-electron chi connectivity index (χ2n) is 4.08. The van der Waals surface area contributed by atoms with E-state index in [1.165, 1.54) is 12.0 Å². The van der Waals surface area contributed by atoms with Crippen LogP contribution in [0.4, 0.5) is 0 Å². The highest BCUT2D eigenvalue weighted by molar-refractivity contribution is 6.30. The fourth-order valence-corrected chi connectivity index (χ4v) is 1.73. The maximum Gasteiger partial charge on any atom is 0.0406 e. The molecule has 3 heteroatoms. The smallest absolute Gasteiger partial charge is 0.0406 e. The van der Waals surface area contributed by atoms with Crippen LogP contribution in [0, 0.1) is 0 Å². The van der Waals surface area contributed by atoms with E-state index in [0.29, 0.717) is 12.0 Å². The van der Waals surface area contributed by atoms with E-state index in [1.807, 2.05) is 12.1 Å². The van der Waals surface area contributed by atoms with E-state index >= 15 is 0 Å². The lowest BCUT2D eigenvalue weighted by molar-refractivity contribution is 0.481. The number of rotatable bonds is 5. The van der Waals surface area contributed by atoms with Gasteiger partial charge in [0, 0.05) is 11.1 Å². The summed E-state index contributed by atoms with van der Waals surface area (Å²) in [5.41, 5.74) is 1.34. The van der Waals surface area contributed by atoms with Gasteiger partial charge in [0.25, 0.3) is 0 Å². The first kappa shape index (κ1) is 15.8. The second kappa shape index (κ2) is 7.94. The molecule has 0 amide bonds. The van der Waals surface area contributed by atoms with Crippen LogP contribution in [0.15, 0.2) is 24.3 Å². The number of nitrogens with one attached hydrogen (secondary N) is 1. The van der Waals surface area contributed by atoms with Crippen LogP contribution in [0.25, 0.3) is 0 Å². The largest absolute Gasteiger partial charge is 0.314 e. The molecule has 0 aliphatic rings. The van der Waals surface area contributed by atoms with Crippen molar-refractivity contribution in [3.63, 3.8) is 0 Å². The van der Waals surface area contributed by atoms with Gasteiger partial charge in [-0.15, -0.1) is 12.4 Å². The third-order valence-electron chi connectivity index (χ3n) is 2.86. The van der Waals surface area contributed by atoms with E-state index in [1.54, 1.807) is 0 Å². The standard InChI is InChI=1S/C13H20ClN.ClH/c1-4-9-15-11(3)10(2)12-5-7-13(14)8-6-12;/h5-8,10-11,15H,4,9H2,1-3H3;1H. The zero-order valence-corrected chi connectivity index (χ0v) is 11.7. The Hall–Kier alpha value is -0.240. The first-order valence-corrected chi connectivity index (χ1v) is 6.01. The van der Waals surface area contributed by atoms with E-state index < -0.39 is 0 Å². The number of hydrogen-bond donors (Lipinski definition) is 1. The van der Waals surface area contributed by atoms with Crippen molar-refractivity contribution in [1.82, 2.24) is 5.32 Å². The molecule has 0 aromatic heterocycles. The third kappa shape index (κ3) is 4.73. The molecule has 2 unspecified atom stereocenters. The zero-order chi connectivity index (χ0) is 11.3. The van der Waals surface area contributed by atoms with Crippen LogP contribution >= 0.6 is 24.0 Å². The molecule has 1 nitrogen and oxygen atoms in total. The van der Waals surface area contributed by atoms with Crippen LogP contribution in [-0.4, -0.2) is 12.6 Å². The highest BCUT2D eigenvalue weighted by atomic mass is 35.5. The zero-order valence-electron chi connectivity index (χ0n) is 10.2. The molecule has 0 radical (unpaired) electrons. The van der Waals surface area contributed by atoms with Gasteiger partial charge in [0.15, 0.2) is 0 Å². The molecule has 0 aliphatic heterocycles. The average molecular weight is 262 g/mol. The van der Waals surface area contributed by atoms with Gasteiger partial charge in [-0.2, -0.15) is 0 Å². The summed E-state index contributed by atoms with van der Waals surface area (Å²) in [6, 6.07) is 8.64. The monoisotopic (exact) mass is 261 g/mol. The molecular formula is C13H21Cl2N. The molecule has 0 spiro atoms. The molecule has 2 atom stereocenters. The van der Waals surface area contributed by atoms with Crippen LogP contribution in [-0.2, 0) is 0 Å². The van der Waals surface area contributed by atoms with Gasteiger partial charge in [-0.1, -0.05) is 37.6 Å². The fourth-order valence-electron chi connectivity index (χ4n) is 1.60. The third-order valence-corrected chi connectivity index (χ3v) is 3.11. The molecule has 0 heterocycles. The number of benzene rings is 1. The Morgan fingerprint density at radius 2 is 1.75 bits per heavy atom. The van der Waals surface area contributed by atoms with Crippen molar-refractivity contribution in [2.24, 2.45) is 0 Å². The molecule has 16 heavy (non-hydrogen) atoms. The van der Waals surface area contributed by atoms with Crippen molar-refractivity contribution in [1.29, 1.82) is 0 Å². The van der Waals surface area contributed by atoms with E-state index in [4.69, 9.17) is 11.6 Å². The van der Waals surface area contributed by atoms with Gasteiger partial charge >= 0.3 is 0 Å². The van der Waals surface area contributed by atoms with E-state index in [2.05, 4.69) is 38.2 Å². The Labute approximate surface area is 110 Å². The van der Waals surface area contributed by atoms with E-state index in [9.17, 15) is 0 Å². The fraction of sp³-hybridized carbons (Fsp3) is 0.538. The predicted octanol–water partition coefficient (Wildman–Crippen LogP) is 4.25. The number of hydrogen-bond acceptors (Lipinski definition) is 1.